The summed E-state index contributed by atoms with van der Waals surface area (Å²) in [4.78, 5) is 17.4. The van der Waals surface area contributed by atoms with Gasteiger partial charge in [-0.25, -0.2) is 4.98 Å². The van der Waals surface area contributed by atoms with Crippen LogP contribution in [0.1, 0.15) is 32.2 Å². The minimum absolute atomic E-state index is 0.0136. The number of carbonyl (C=O) groups excluding carboxylic acids is 1. The molecule has 0 aliphatic carbocycles. The number of nitrogens with zero attached hydrogens (tertiary/aromatic N) is 1. The Labute approximate surface area is 123 Å². The Bertz CT molecular complexity index is 573. The lowest BCUT2D eigenvalue weighted by Crippen LogP contribution is -2.37. The van der Waals surface area contributed by atoms with E-state index in [0.717, 1.165) is 4.88 Å². The van der Waals surface area contributed by atoms with E-state index in [1.807, 2.05) is 31.4 Å². The van der Waals surface area contributed by atoms with Crippen LogP contribution in [0.15, 0.2) is 21.9 Å². The summed E-state index contributed by atoms with van der Waals surface area (Å²) >= 11 is 1.57. The molecule has 2 aromatic heterocycles. The van der Waals surface area contributed by atoms with Crippen molar-refractivity contribution < 1.29 is 9.21 Å². The molecule has 2 aromatic rings. The zero-order valence-corrected chi connectivity index (χ0v) is 13.1. The van der Waals surface area contributed by atoms with Crippen LogP contribution in [0, 0.1) is 12.8 Å². The summed E-state index contributed by atoms with van der Waals surface area (Å²) in [6.45, 7) is 8.02. The minimum Gasteiger partial charge on any atom is -0.440 e. The van der Waals surface area contributed by atoms with Crippen LogP contribution in [-0.2, 0) is 11.2 Å². The van der Waals surface area contributed by atoms with E-state index in [-0.39, 0.29) is 18.4 Å². The van der Waals surface area contributed by atoms with E-state index >= 15 is 0 Å². The first kappa shape index (κ1) is 14.8. The van der Waals surface area contributed by atoms with Gasteiger partial charge in [-0.1, -0.05) is 19.9 Å². The first-order valence-electron chi connectivity index (χ1n) is 6.77. The van der Waals surface area contributed by atoms with E-state index in [9.17, 15) is 4.79 Å². The maximum atomic E-state index is 12.0. The Morgan fingerprint density at radius 2 is 2.20 bits per heavy atom. The molecule has 1 N–H and O–H groups in total. The molecular weight excluding hydrogens is 272 g/mol. The number of thiophene rings is 1. The Balaban J connectivity index is 2.05. The van der Waals surface area contributed by atoms with Gasteiger partial charge in [0.2, 0.25) is 11.8 Å². The Morgan fingerprint density at radius 1 is 1.45 bits per heavy atom. The normalized spacial score (nSPS) is 12.7. The van der Waals surface area contributed by atoms with Gasteiger partial charge in [0, 0.05) is 6.04 Å². The Morgan fingerprint density at radius 3 is 2.80 bits per heavy atom. The molecule has 2 rings (SSSR count). The summed E-state index contributed by atoms with van der Waals surface area (Å²) in [7, 11) is 0. The lowest BCUT2D eigenvalue weighted by atomic mass is 10.1. The first-order valence-corrected chi connectivity index (χ1v) is 7.65. The quantitative estimate of drug-likeness (QED) is 0.918. The largest absolute Gasteiger partial charge is 0.440 e. The van der Waals surface area contributed by atoms with Crippen LogP contribution in [0.25, 0.3) is 10.8 Å². The van der Waals surface area contributed by atoms with Gasteiger partial charge in [0.1, 0.15) is 5.76 Å². The highest BCUT2D eigenvalue weighted by Gasteiger charge is 2.17. The fourth-order valence-electron chi connectivity index (χ4n) is 1.72. The van der Waals surface area contributed by atoms with Crippen molar-refractivity contribution in [3.05, 3.63) is 29.0 Å². The monoisotopic (exact) mass is 292 g/mol. The summed E-state index contributed by atoms with van der Waals surface area (Å²) in [5.41, 5.74) is 0.710. The van der Waals surface area contributed by atoms with Gasteiger partial charge in [0.25, 0.3) is 0 Å². The third-order valence-electron chi connectivity index (χ3n) is 3.34. The van der Waals surface area contributed by atoms with Gasteiger partial charge >= 0.3 is 0 Å². The highest BCUT2D eigenvalue weighted by molar-refractivity contribution is 7.13. The number of aromatic nitrogens is 1. The fraction of sp³-hybridized carbons (Fsp3) is 0.467. The second-order valence-corrected chi connectivity index (χ2v) is 6.22. The molecule has 0 saturated carbocycles. The zero-order chi connectivity index (χ0) is 14.7. The minimum atomic E-state index is -0.0136. The number of aryl methyl sites for hydroxylation is 1. The maximum absolute atomic E-state index is 12.0. The predicted molar refractivity (Wildman–Crippen MR) is 80.7 cm³/mol. The molecule has 2 heterocycles. The molecule has 20 heavy (non-hydrogen) atoms. The topological polar surface area (TPSA) is 55.1 Å². The molecule has 0 spiro atoms. The molecule has 0 aliphatic rings. The standard InChI is InChI=1S/C15H20N2O2S/c1-9(2)10(3)16-14(18)8-12-11(4)19-15(17-12)13-6-5-7-20-13/h5-7,9-10H,8H2,1-4H3,(H,16,18). The summed E-state index contributed by atoms with van der Waals surface area (Å²) in [6.07, 6.45) is 0.262. The summed E-state index contributed by atoms with van der Waals surface area (Å²) in [6, 6.07) is 4.07. The second kappa shape index (κ2) is 6.22. The summed E-state index contributed by atoms with van der Waals surface area (Å²) in [5, 5.41) is 4.96. The Hall–Kier alpha value is -1.62. The number of hydrogen-bond acceptors (Lipinski definition) is 4. The van der Waals surface area contributed by atoms with Gasteiger partial charge in [-0.05, 0) is 31.2 Å². The highest BCUT2D eigenvalue weighted by Crippen LogP contribution is 2.26. The SMILES string of the molecule is Cc1oc(-c2cccs2)nc1CC(=O)NC(C)C(C)C. The lowest BCUT2D eigenvalue weighted by molar-refractivity contribution is -0.121. The van der Waals surface area contributed by atoms with Crippen LogP contribution in [0.3, 0.4) is 0 Å². The number of carbonyl (C=O) groups is 1. The fourth-order valence-corrected chi connectivity index (χ4v) is 2.37. The molecule has 0 radical (unpaired) electrons. The van der Waals surface area contributed by atoms with Crippen molar-refractivity contribution in [1.82, 2.24) is 10.3 Å². The van der Waals surface area contributed by atoms with Crippen molar-refractivity contribution in [2.75, 3.05) is 0 Å². The van der Waals surface area contributed by atoms with E-state index in [2.05, 4.69) is 24.1 Å². The third kappa shape index (κ3) is 3.48. The molecule has 5 heteroatoms. The van der Waals surface area contributed by atoms with Crippen LogP contribution in [-0.4, -0.2) is 16.9 Å². The van der Waals surface area contributed by atoms with Crippen molar-refractivity contribution in [1.29, 1.82) is 0 Å². The smallest absolute Gasteiger partial charge is 0.236 e. The molecule has 0 fully saturated rings. The molecule has 0 aromatic carbocycles. The molecule has 1 atom stereocenters. The van der Waals surface area contributed by atoms with Gasteiger partial charge in [-0.2, -0.15) is 0 Å². The number of oxazole rings is 1. The zero-order valence-electron chi connectivity index (χ0n) is 12.3. The molecule has 1 amide bonds. The van der Waals surface area contributed by atoms with Crippen LogP contribution >= 0.6 is 11.3 Å². The third-order valence-corrected chi connectivity index (χ3v) is 4.20. The molecule has 108 valence electrons. The van der Waals surface area contributed by atoms with Gasteiger partial charge < -0.3 is 9.73 Å². The van der Waals surface area contributed by atoms with Gasteiger partial charge in [0.15, 0.2) is 0 Å². The first-order chi connectivity index (χ1) is 9.47. The van der Waals surface area contributed by atoms with Crippen LogP contribution in [0.2, 0.25) is 0 Å². The van der Waals surface area contributed by atoms with Crippen LogP contribution in [0.4, 0.5) is 0 Å². The molecule has 0 bridgehead atoms. The molecule has 0 saturated heterocycles. The second-order valence-electron chi connectivity index (χ2n) is 5.28. The van der Waals surface area contributed by atoms with Crippen molar-refractivity contribution >= 4 is 17.2 Å². The molecule has 1 unspecified atom stereocenters. The maximum Gasteiger partial charge on any atom is 0.236 e. The molecule has 0 aliphatic heterocycles. The van der Waals surface area contributed by atoms with E-state index < -0.39 is 0 Å². The van der Waals surface area contributed by atoms with E-state index in [0.29, 0.717) is 23.3 Å². The lowest BCUT2D eigenvalue weighted by Gasteiger charge is -2.16. The van der Waals surface area contributed by atoms with Crippen LogP contribution < -0.4 is 5.32 Å². The number of nitrogens with one attached hydrogen (secondary N) is 1. The van der Waals surface area contributed by atoms with Gasteiger partial charge in [0.05, 0.1) is 17.0 Å². The molecular formula is C15H20N2O2S. The Kier molecular flexibility index (Phi) is 4.60. The number of rotatable bonds is 5. The van der Waals surface area contributed by atoms with Gasteiger partial charge in [-0.3, -0.25) is 4.79 Å². The highest BCUT2D eigenvalue weighted by atomic mass is 32.1. The predicted octanol–water partition coefficient (Wildman–Crippen LogP) is 3.41. The number of amides is 1. The van der Waals surface area contributed by atoms with Crippen molar-refractivity contribution in [3.63, 3.8) is 0 Å². The van der Waals surface area contributed by atoms with E-state index in [1.165, 1.54) is 0 Å². The summed E-state index contributed by atoms with van der Waals surface area (Å²) < 4.78 is 5.63. The van der Waals surface area contributed by atoms with Crippen molar-refractivity contribution in [2.45, 2.75) is 40.2 Å². The van der Waals surface area contributed by atoms with E-state index in [1.54, 1.807) is 11.3 Å². The van der Waals surface area contributed by atoms with Gasteiger partial charge in [-0.15, -0.1) is 11.3 Å². The van der Waals surface area contributed by atoms with Crippen molar-refractivity contribution in [3.8, 4) is 10.8 Å². The van der Waals surface area contributed by atoms with E-state index in [4.69, 9.17) is 4.42 Å². The molecule has 4 nitrogen and oxygen atoms in total. The van der Waals surface area contributed by atoms with Crippen LogP contribution in [0.5, 0.6) is 0 Å². The van der Waals surface area contributed by atoms with Crippen molar-refractivity contribution in [2.24, 2.45) is 5.92 Å². The summed E-state index contributed by atoms with van der Waals surface area (Å²) in [5.74, 6) is 1.71. The average Bonchev–Trinajstić information content (AvgIpc) is 2.99. The average molecular weight is 292 g/mol. The number of hydrogen-bond donors (Lipinski definition) is 1.